The van der Waals surface area contributed by atoms with Gasteiger partial charge in [-0.2, -0.15) is 4.31 Å². The summed E-state index contributed by atoms with van der Waals surface area (Å²) in [5.74, 6) is -1.06. The summed E-state index contributed by atoms with van der Waals surface area (Å²) in [6.45, 7) is -0.377. The van der Waals surface area contributed by atoms with Crippen molar-refractivity contribution >= 4 is 38.4 Å². The first-order valence-electron chi connectivity index (χ1n) is 8.74. The monoisotopic (exact) mass is 412 g/mol. The zero-order valence-electron chi connectivity index (χ0n) is 16.0. The first kappa shape index (κ1) is 20.5. The number of anilines is 1. The van der Waals surface area contributed by atoms with Gasteiger partial charge in [-0.15, -0.1) is 0 Å². The number of carbonyl (C=O) groups excluding carboxylic acids is 2. The van der Waals surface area contributed by atoms with Crippen LogP contribution < -0.4 is 5.32 Å². The number of hydrogen-bond donors (Lipinski definition) is 1. The van der Waals surface area contributed by atoms with Crippen LogP contribution in [0.25, 0.3) is 10.8 Å². The average molecular weight is 412 g/mol. The minimum Gasteiger partial charge on any atom is -0.465 e. The number of rotatable bonds is 6. The van der Waals surface area contributed by atoms with Crippen LogP contribution >= 0.6 is 0 Å². The maximum atomic E-state index is 12.8. The van der Waals surface area contributed by atoms with Crippen molar-refractivity contribution in [1.29, 1.82) is 0 Å². The van der Waals surface area contributed by atoms with Gasteiger partial charge in [-0.3, -0.25) is 4.79 Å². The first-order chi connectivity index (χ1) is 13.8. The summed E-state index contributed by atoms with van der Waals surface area (Å²) in [5.41, 5.74) is 0.650. The van der Waals surface area contributed by atoms with E-state index in [-0.39, 0.29) is 17.0 Å². The smallest absolute Gasteiger partial charge is 0.337 e. The maximum absolute atomic E-state index is 12.8. The fourth-order valence-corrected chi connectivity index (χ4v) is 4.00. The molecule has 0 aliphatic heterocycles. The number of methoxy groups -OCH3 is 1. The van der Waals surface area contributed by atoms with Crippen molar-refractivity contribution < 1.29 is 22.7 Å². The Balaban J connectivity index is 1.73. The summed E-state index contributed by atoms with van der Waals surface area (Å²) in [6, 6.07) is 18.5. The van der Waals surface area contributed by atoms with Crippen LogP contribution in [0.5, 0.6) is 0 Å². The molecule has 0 heterocycles. The summed E-state index contributed by atoms with van der Waals surface area (Å²) >= 11 is 0. The van der Waals surface area contributed by atoms with Crippen molar-refractivity contribution in [1.82, 2.24) is 4.31 Å². The molecule has 7 nitrogen and oxygen atoms in total. The van der Waals surface area contributed by atoms with E-state index in [9.17, 15) is 18.0 Å². The minimum atomic E-state index is -3.84. The lowest BCUT2D eigenvalue weighted by molar-refractivity contribution is -0.116. The maximum Gasteiger partial charge on any atom is 0.337 e. The number of nitrogens with zero attached hydrogens (tertiary/aromatic N) is 1. The van der Waals surface area contributed by atoms with Gasteiger partial charge in [-0.25, -0.2) is 13.2 Å². The molecular weight excluding hydrogens is 392 g/mol. The Morgan fingerprint density at radius 2 is 1.69 bits per heavy atom. The van der Waals surface area contributed by atoms with Crippen LogP contribution in [0.15, 0.2) is 71.6 Å². The standard InChI is InChI=1S/C21H20N2O5S/c1-23(14-20(24)22-18-9-5-8-17(12-18)21(25)28-2)29(26,27)19-11-10-15-6-3-4-7-16(15)13-19/h3-13H,14H2,1-2H3,(H,22,24). The second kappa shape index (κ2) is 8.42. The Labute approximate surface area is 169 Å². The molecule has 0 aliphatic rings. The molecule has 0 bridgehead atoms. The predicted molar refractivity (Wildman–Crippen MR) is 110 cm³/mol. The number of hydrogen-bond acceptors (Lipinski definition) is 5. The topological polar surface area (TPSA) is 92.8 Å². The van der Waals surface area contributed by atoms with Crippen LogP contribution in [0.3, 0.4) is 0 Å². The lowest BCUT2D eigenvalue weighted by Crippen LogP contribution is -2.35. The fraction of sp³-hybridized carbons (Fsp3) is 0.143. The predicted octanol–water partition coefficient (Wildman–Crippen LogP) is 2.89. The SMILES string of the molecule is COC(=O)c1cccc(NC(=O)CN(C)S(=O)(=O)c2ccc3ccccc3c2)c1. The van der Waals surface area contributed by atoms with Gasteiger partial charge in [0, 0.05) is 12.7 Å². The van der Waals surface area contributed by atoms with E-state index in [1.807, 2.05) is 24.3 Å². The molecule has 3 aromatic rings. The molecule has 1 N–H and O–H groups in total. The highest BCUT2D eigenvalue weighted by Gasteiger charge is 2.23. The van der Waals surface area contributed by atoms with Crippen molar-refractivity contribution in [3.63, 3.8) is 0 Å². The quantitative estimate of drug-likeness (QED) is 0.629. The highest BCUT2D eigenvalue weighted by molar-refractivity contribution is 7.89. The van der Waals surface area contributed by atoms with E-state index in [0.717, 1.165) is 15.1 Å². The number of benzene rings is 3. The van der Waals surface area contributed by atoms with Gasteiger partial charge in [0.25, 0.3) is 0 Å². The number of sulfonamides is 1. The molecule has 0 saturated heterocycles. The molecule has 0 aliphatic carbocycles. The van der Waals surface area contributed by atoms with Crippen molar-refractivity contribution in [3.05, 3.63) is 72.3 Å². The molecule has 0 spiro atoms. The van der Waals surface area contributed by atoms with Crippen LogP contribution in [0.2, 0.25) is 0 Å². The highest BCUT2D eigenvalue weighted by atomic mass is 32.2. The van der Waals surface area contributed by atoms with Gasteiger partial charge in [0.05, 0.1) is 24.1 Å². The molecule has 1 amide bonds. The van der Waals surface area contributed by atoms with Crippen LogP contribution in [0.1, 0.15) is 10.4 Å². The number of carbonyl (C=O) groups is 2. The lowest BCUT2D eigenvalue weighted by Gasteiger charge is -2.17. The average Bonchev–Trinajstić information content (AvgIpc) is 2.72. The van der Waals surface area contributed by atoms with Gasteiger partial charge in [0.2, 0.25) is 15.9 Å². The van der Waals surface area contributed by atoms with Crippen molar-refractivity contribution in [2.24, 2.45) is 0 Å². The van der Waals surface area contributed by atoms with Crippen molar-refractivity contribution in [3.8, 4) is 0 Å². The Bertz CT molecular complexity index is 1170. The highest BCUT2D eigenvalue weighted by Crippen LogP contribution is 2.21. The Morgan fingerprint density at radius 3 is 2.41 bits per heavy atom. The molecule has 3 rings (SSSR count). The second-order valence-electron chi connectivity index (χ2n) is 6.39. The summed E-state index contributed by atoms with van der Waals surface area (Å²) < 4.78 is 31.3. The number of nitrogens with one attached hydrogen (secondary N) is 1. The molecule has 0 aromatic heterocycles. The van der Waals surface area contributed by atoms with E-state index in [0.29, 0.717) is 5.69 Å². The Kier molecular flexibility index (Phi) is 5.95. The lowest BCUT2D eigenvalue weighted by atomic mass is 10.1. The molecule has 0 fully saturated rings. The van der Waals surface area contributed by atoms with Crippen LogP contribution in [0, 0.1) is 0 Å². The normalized spacial score (nSPS) is 11.4. The molecule has 29 heavy (non-hydrogen) atoms. The second-order valence-corrected chi connectivity index (χ2v) is 8.44. The van der Waals surface area contributed by atoms with Crippen molar-refractivity contribution in [2.45, 2.75) is 4.90 Å². The molecular formula is C21H20N2O5S. The molecule has 0 unspecified atom stereocenters. The van der Waals surface area contributed by atoms with E-state index in [1.165, 1.54) is 26.3 Å². The first-order valence-corrected chi connectivity index (χ1v) is 10.2. The number of esters is 1. The number of likely N-dealkylation sites (N-methyl/N-ethyl adjacent to an activating group) is 1. The van der Waals surface area contributed by atoms with Crippen molar-refractivity contribution in [2.75, 3.05) is 26.0 Å². The van der Waals surface area contributed by atoms with E-state index in [4.69, 9.17) is 0 Å². The van der Waals surface area contributed by atoms with E-state index in [1.54, 1.807) is 30.3 Å². The van der Waals surface area contributed by atoms with Gasteiger partial charge in [0.15, 0.2) is 0 Å². The van der Waals surface area contributed by atoms with Crippen LogP contribution in [-0.4, -0.2) is 45.3 Å². The summed E-state index contributed by atoms with van der Waals surface area (Å²) in [5, 5.41) is 4.32. The molecule has 150 valence electrons. The Hall–Kier alpha value is -3.23. The third kappa shape index (κ3) is 4.61. The third-order valence-corrected chi connectivity index (χ3v) is 6.16. The molecule has 0 atom stereocenters. The fourth-order valence-electron chi connectivity index (χ4n) is 2.84. The third-order valence-electron chi connectivity index (χ3n) is 4.36. The zero-order valence-corrected chi connectivity index (χ0v) is 16.8. The van der Waals surface area contributed by atoms with Gasteiger partial charge in [-0.05, 0) is 41.1 Å². The van der Waals surface area contributed by atoms with Gasteiger partial charge in [0.1, 0.15) is 0 Å². The van der Waals surface area contributed by atoms with E-state index >= 15 is 0 Å². The zero-order chi connectivity index (χ0) is 21.0. The summed E-state index contributed by atoms with van der Waals surface area (Å²) in [4.78, 5) is 24.0. The van der Waals surface area contributed by atoms with Crippen LogP contribution in [0.4, 0.5) is 5.69 Å². The molecule has 0 radical (unpaired) electrons. The van der Waals surface area contributed by atoms with Gasteiger partial charge in [-0.1, -0.05) is 36.4 Å². The number of amides is 1. The van der Waals surface area contributed by atoms with Gasteiger partial charge >= 0.3 is 5.97 Å². The number of ether oxygens (including phenoxy) is 1. The van der Waals surface area contributed by atoms with Gasteiger partial charge < -0.3 is 10.1 Å². The molecule has 0 saturated carbocycles. The number of fused-ring (bicyclic) bond motifs is 1. The van der Waals surface area contributed by atoms with E-state index in [2.05, 4.69) is 10.1 Å². The Morgan fingerprint density at radius 1 is 0.966 bits per heavy atom. The summed E-state index contributed by atoms with van der Waals surface area (Å²) in [7, 11) is -1.24. The summed E-state index contributed by atoms with van der Waals surface area (Å²) in [6.07, 6.45) is 0. The minimum absolute atomic E-state index is 0.110. The molecule has 8 heteroatoms. The largest absolute Gasteiger partial charge is 0.465 e. The van der Waals surface area contributed by atoms with E-state index < -0.39 is 21.9 Å². The van der Waals surface area contributed by atoms with Crippen LogP contribution in [-0.2, 0) is 19.6 Å². The molecule has 3 aromatic carbocycles.